The van der Waals surface area contributed by atoms with Gasteiger partial charge in [0, 0.05) is 81.3 Å². The van der Waals surface area contributed by atoms with E-state index in [9.17, 15) is 32.4 Å². The van der Waals surface area contributed by atoms with E-state index in [4.69, 9.17) is 0 Å². The number of carbonyl (C=O) groups excluding carboxylic acids is 4. The second-order valence-corrected chi connectivity index (χ2v) is 19.3. The molecule has 1 saturated carbocycles. The summed E-state index contributed by atoms with van der Waals surface area (Å²) in [6.07, 6.45) is 4.11. The largest absolute Gasteiger partial charge is 0.368 e. The number of piperidine rings is 2. The van der Waals surface area contributed by atoms with Crippen molar-refractivity contribution in [2.75, 3.05) is 49.5 Å². The van der Waals surface area contributed by atoms with E-state index in [1.165, 1.54) is 22.5 Å². The molecule has 1 spiro atoms. The van der Waals surface area contributed by atoms with Gasteiger partial charge in [-0.2, -0.15) is 9.29 Å². The second-order valence-electron chi connectivity index (χ2n) is 17.3. The molecule has 16 nitrogen and oxygen atoms in total. The Labute approximate surface area is 348 Å². The summed E-state index contributed by atoms with van der Waals surface area (Å²) in [7, 11) is -4.02. The summed E-state index contributed by atoms with van der Waals surface area (Å²) >= 11 is 0. The van der Waals surface area contributed by atoms with Crippen LogP contribution < -0.4 is 21.1 Å². The molecular formula is C42H43F2N9O7S. The van der Waals surface area contributed by atoms with Crippen molar-refractivity contribution < 1.29 is 36.4 Å². The van der Waals surface area contributed by atoms with Crippen LogP contribution in [0.25, 0.3) is 11.0 Å². The number of likely N-dealkylation sites (tertiary alicyclic amines) is 1. The van der Waals surface area contributed by atoms with E-state index in [1.807, 2.05) is 11.0 Å². The molecule has 6 aliphatic rings. The van der Waals surface area contributed by atoms with Crippen LogP contribution in [0.4, 0.5) is 20.4 Å². The maximum Gasteiger partial charge on any atom is 0.262 e. The van der Waals surface area contributed by atoms with Crippen LogP contribution in [0.5, 0.6) is 0 Å². The minimum atomic E-state index is -4.02. The van der Waals surface area contributed by atoms with Crippen molar-refractivity contribution in [2.24, 2.45) is 5.41 Å². The van der Waals surface area contributed by atoms with Crippen molar-refractivity contribution in [3.8, 4) is 0 Å². The molecular weight excluding hydrogens is 813 g/mol. The van der Waals surface area contributed by atoms with Gasteiger partial charge in [-0.1, -0.05) is 25.0 Å². The Morgan fingerprint density at radius 3 is 2.39 bits per heavy atom. The highest BCUT2D eigenvalue weighted by Gasteiger charge is 2.53. The maximum absolute atomic E-state index is 15.7. The lowest BCUT2D eigenvalue weighted by Gasteiger charge is -2.61. The summed E-state index contributed by atoms with van der Waals surface area (Å²) in [5.41, 5.74) is 1.11. The molecule has 5 aliphatic heterocycles. The molecule has 2 aromatic heterocycles. The smallest absolute Gasteiger partial charge is 0.262 e. The Morgan fingerprint density at radius 2 is 1.66 bits per heavy atom. The van der Waals surface area contributed by atoms with E-state index in [0.717, 1.165) is 42.2 Å². The molecule has 0 radical (unpaired) electrons. The number of carbonyl (C=O) groups is 4. The number of amides is 4. The fraction of sp³-hybridized carbons (Fsp3) is 0.452. The molecule has 0 bridgehead atoms. The van der Waals surface area contributed by atoms with Gasteiger partial charge in [0.1, 0.15) is 23.7 Å². The molecule has 1 unspecified atom stereocenters. The van der Waals surface area contributed by atoms with E-state index >= 15 is 8.78 Å². The fourth-order valence-corrected chi connectivity index (χ4v) is 11.7. The third-order valence-corrected chi connectivity index (χ3v) is 15.0. The minimum Gasteiger partial charge on any atom is -0.368 e. The van der Waals surface area contributed by atoms with E-state index in [2.05, 4.69) is 25.5 Å². The Kier molecular flexibility index (Phi) is 9.55. The zero-order chi connectivity index (χ0) is 42.4. The average molecular weight is 856 g/mol. The summed E-state index contributed by atoms with van der Waals surface area (Å²) < 4.78 is 61.7. The predicted octanol–water partition coefficient (Wildman–Crippen LogP) is 2.98. The van der Waals surface area contributed by atoms with E-state index in [0.29, 0.717) is 43.8 Å². The monoisotopic (exact) mass is 855 g/mol. The summed E-state index contributed by atoms with van der Waals surface area (Å²) in [6, 6.07) is 10.5. The minimum absolute atomic E-state index is 0.00495. The molecule has 19 heteroatoms. The molecule has 4 saturated heterocycles. The highest BCUT2D eigenvalue weighted by molar-refractivity contribution is 7.89. The highest BCUT2D eigenvalue weighted by Crippen LogP contribution is 2.44. The molecule has 10 rings (SSSR count). The summed E-state index contributed by atoms with van der Waals surface area (Å²) in [5, 5.41) is 5.93. The van der Waals surface area contributed by atoms with Crippen molar-refractivity contribution in [2.45, 2.75) is 80.7 Å². The summed E-state index contributed by atoms with van der Waals surface area (Å²) in [6.45, 7) is 2.59. The molecule has 7 heterocycles. The number of sulfonamides is 1. The third kappa shape index (κ3) is 6.86. The molecule has 5 fully saturated rings. The number of pyridine rings is 1. The first-order valence-electron chi connectivity index (χ1n) is 20.7. The van der Waals surface area contributed by atoms with Crippen LogP contribution in [0.1, 0.15) is 77.3 Å². The van der Waals surface area contributed by atoms with Gasteiger partial charge in [-0.15, -0.1) is 0 Å². The second kappa shape index (κ2) is 14.8. The Hall–Kier alpha value is -5.66. The number of nitrogens with one attached hydrogen (secondary N) is 2. The van der Waals surface area contributed by atoms with Crippen molar-refractivity contribution in [3.05, 3.63) is 87.6 Å². The average Bonchev–Trinajstić information content (AvgIpc) is 3.82. The maximum atomic E-state index is 15.7. The first-order valence-corrected chi connectivity index (χ1v) is 22.1. The molecule has 3 atom stereocenters. The lowest BCUT2D eigenvalue weighted by molar-refractivity contribution is -0.136. The zero-order valence-electron chi connectivity index (χ0n) is 33.1. The topological polar surface area (TPSA) is 187 Å². The SMILES string of the molecule is O=C1CCC(N2C(=O)c3cc(F)c(N4CC5(CN(Cc6cccc(S(=O)(=O)N7CC[C@H](Nc8ncc9ccc(=O)n(C%10CCCC%10)c9n8)[C@H](F)C7)c6)C5)C4)cc3C2=O)C(=O)N1. The third-order valence-electron chi connectivity index (χ3n) is 13.1. The summed E-state index contributed by atoms with van der Waals surface area (Å²) in [5.74, 6) is -3.14. The molecule has 2 N–H and O–H groups in total. The van der Waals surface area contributed by atoms with Gasteiger partial charge in [0.15, 0.2) is 0 Å². The first kappa shape index (κ1) is 39.5. The molecule has 4 amide bonds. The molecule has 2 aromatic carbocycles. The summed E-state index contributed by atoms with van der Waals surface area (Å²) in [4.78, 5) is 77.1. The van der Waals surface area contributed by atoms with Gasteiger partial charge in [0.2, 0.25) is 27.8 Å². The number of imide groups is 2. The highest BCUT2D eigenvalue weighted by atomic mass is 32.2. The van der Waals surface area contributed by atoms with Gasteiger partial charge in [-0.25, -0.2) is 22.2 Å². The number of benzene rings is 2. The van der Waals surface area contributed by atoms with Crippen LogP contribution in [0, 0.1) is 11.2 Å². The van der Waals surface area contributed by atoms with Crippen molar-refractivity contribution in [1.29, 1.82) is 0 Å². The lowest BCUT2D eigenvalue weighted by Crippen LogP contribution is -2.72. The van der Waals surface area contributed by atoms with Crippen LogP contribution in [0.2, 0.25) is 0 Å². The van der Waals surface area contributed by atoms with E-state index in [1.54, 1.807) is 29.0 Å². The number of hydrogen-bond acceptors (Lipinski definition) is 12. The first-order chi connectivity index (χ1) is 29.3. The number of fused-ring (bicyclic) bond motifs is 2. The molecule has 4 aromatic rings. The Balaban J connectivity index is 0.743. The van der Waals surface area contributed by atoms with Gasteiger partial charge >= 0.3 is 0 Å². The normalized spacial score (nSPS) is 24.6. The van der Waals surface area contributed by atoms with Gasteiger partial charge in [0.05, 0.1) is 27.8 Å². The molecule has 61 heavy (non-hydrogen) atoms. The fourth-order valence-electron chi connectivity index (χ4n) is 10.1. The van der Waals surface area contributed by atoms with Crippen LogP contribution in [-0.4, -0.2) is 118 Å². The van der Waals surface area contributed by atoms with Crippen LogP contribution in [0.3, 0.4) is 0 Å². The van der Waals surface area contributed by atoms with Crippen molar-refractivity contribution >= 4 is 56.3 Å². The van der Waals surface area contributed by atoms with Crippen molar-refractivity contribution in [3.63, 3.8) is 0 Å². The van der Waals surface area contributed by atoms with Crippen LogP contribution in [-0.2, 0) is 26.2 Å². The number of nitrogens with zero attached hydrogens (tertiary/aromatic N) is 7. The number of alkyl halides is 1. The number of anilines is 2. The standard InChI is InChI=1S/C42H43F2N9O7S/c43-30-15-28-29(40(58)53(39(28)57)33-9-10-35(54)47-38(33)56)16-34(30)50-22-42(23-50)20-49(21-42)18-24-4-3-7-27(14-24)61(59,60)51-13-12-32(31(44)19-51)46-41-45-17-25-8-11-36(55)52(37(25)48-41)26-5-1-2-6-26/h3-4,7-8,11,14-17,26,31-33H,1-2,5-6,9-10,12-13,18-23H2,(H,45,46,48)(H,47,54,56)/t31-,32+,33?/m1/s1. The number of halogens is 2. The predicted molar refractivity (Wildman–Crippen MR) is 216 cm³/mol. The van der Waals surface area contributed by atoms with Gasteiger partial charge in [-0.3, -0.25) is 43.7 Å². The van der Waals surface area contributed by atoms with Crippen LogP contribution >= 0.6 is 0 Å². The quantitative estimate of drug-likeness (QED) is 0.235. The van der Waals surface area contributed by atoms with E-state index < -0.39 is 57.7 Å². The number of aromatic nitrogens is 3. The number of rotatable bonds is 9. The zero-order valence-corrected chi connectivity index (χ0v) is 33.9. The Morgan fingerprint density at radius 1 is 0.902 bits per heavy atom. The Bertz CT molecular complexity index is 2690. The molecule has 318 valence electrons. The number of hydrogen-bond donors (Lipinski definition) is 2. The van der Waals surface area contributed by atoms with Gasteiger partial charge in [-0.05, 0) is 61.6 Å². The van der Waals surface area contributed by atoms with Crippen LogP contribution in [0.15, 0.2) is 64.4 Å². The lowest BCUT2D eigenvalue weighted by atomic mass is 9.72. The van der Waals surface area contributed by atoms with E-state index in [-0.39, 0.29) is 77.0 Å². The van der Waals surface area contributed by atoms with Gasteiger partial charge < -0.3 is 10.2 Å². The van der Waals surface area contributed by atoms with Crippen molar-refractivity contribution in [1.82, 2.24) is 34.0 Å². The van der Waals surface area contributed by atoms with Gasteiger partial charge in [0.25, 0.3) is 17.4 Å². The molecule has 1 aliphatic carbocycles.